The lowest BCUT2D eigenvalue weighted by Crippen LogP contribution is -2.44. The Bertz CT molecular complexity index is 504. The third-order valence-electron chi connectivity index (χ3n) is 4.95. The average molecular weight is 301 g/mol. The highest BCUT2D eigenvalue weighted by Gasteiger charge is 2.44. The summed E-state index contributed by atoms with van der Waals surface area (Å²) >= 11 is 0. The van der Waals surface area contributed by atoms with Gasteiger partial charge in [0.25, 0.3) is 0 Å². The Morgan fingerprint density at radius 2 is 2.14 bits per heavy atom. The van der Waals surface area contributed by atoms with Crippen molar-refractivity contribution in [3.8, 4) is 0 Å². The van der Waals surface area contributed by atoms with Crippen LogP contribution in [-0.2, 0) is 10.2 Å². The number of nitrogens with zero attached hydrogens (tertiary/aromatic N) is 2. The summed E-state index contributed by atoms with van der Waals surface area (Å²) in [5, 5.41) is 3.58. The summed E-state index contributed by atoms with van der Waals surface area (Å²) in [5.41, 5.74) is 1.76. The first-order valence-electron chi connectivity index (χ1n) is 8.28. The van der Waals surface area contributed by atoms with Crippen molar-refractivity contribution in [2.24, 2.45) is 10.9 Å². The number of guanidine groups is 1. The van der Waals surface area contributed by atoms with E-state index in [0.717, 1.165) is 38.7 Å². The van der Waals surface area contributed by atoms with E-state index in [4.69, 9.17) is 4.74 Å². The summed E-state index contributed by atoms with van der Waals surface area (Å²) in [5.74, 6) is 1.63. The fraction of sp³-hybridized carbons (Fsp3) is 0.611. The quantitative estimate of drug-likeness (QED) is 0.669. The van der Waals surface area contributed by atoms with Gasteiger partial charge in [-0.25, -0.2) is 0 Å². The smallest absolute Gasteiger partial charge is 0.193 e. The van der Waals surface area contributed by atoms with Crippen LogP contribution in [0.5, 0.6) is 0 Å². The molecule has 22 heavy (non-hydrogen) atoms. The molecule has 2 fully saturated rings. The monoisotopic (exact) mass is 301 g/mol. The van der Waals surface area contributed by atoms with Gasteiger partial charge in [-0.05, 0) is 24.8 Å². The Morgan fingerprint density at radius 3 is 2.73 bits per heavy atom. The summed E-state index contributed by atoms with van der Waals surface area (Å²) in [6.07, 6.45) is 3.69. The van der Waals surface area contributed by atoms with E-state index >= 15 is 0 Å². The van der Waals surface area contributed by atoms with Gasteiger partial charge in [-0.15, -0.1) is 0 Å². The van der Waals surface area contributed by atoms with Crippen LogP contribution in [0.25, 0.3) is 0 Å². The molecule has 1 saturated heterocycles. The molecule has 0 aromatic heterocycles. The van der Waals surface area contributed by atoms with Gasteiger partial charge in [0.05, 0.1) is 6.61 Å². The van der Waals surface area contributed by atoms with Crippen LogP contribution in [0.2, 0.25) is 0 Å². The summed E-state index contributed by atoms with van der Waals surface area (Å²) < 4.78 is 5.47. The first kappa shape index (κ1) is 15.3. The van der Waals surface area contributed by atoms with Gasteiger partial charge in [-0.2, -0.15) is 0 Å². The van der Waals surface area contributed by atoms with Gasteiger partial charge in [0.15, 0.2) is 5.96 Å². The fourth-order valence-electron chi connectivity index (χ4n) is 3.34. The van der Waals surface area contributed by atoms with Crippen molar-refractivity contribution in [2.45, 2.75) is 24.7 Å². The lowest BCUT2D eigenvalue weighted by atomic mass is 9.96. The number of aliphatic imine (C=N–C) groups is 1. The van der Waals surface area contributed by atoms with Crippen LogP contribution in [0, 0.1) is 5.92 Å². The second-order valence-electron chi connectivity index (χ2n) is 6.66. The summed E-state index contributed by atoms with van der Waals surface area (Å²) in [7, 11) is 3.99. The number of rotatable bonds is 5. The van der Waals surface area contributed by atoms with E-state index < -0.39 is 0 Å². The van der Waals surface area contributed by atoms with Crippen LogP contribution in [0.15, 0.2) is 35.3 Å². The molecule has 0 spiro atoms. The zero-order valence-electron chi connectivity index (χ0n) is 13.7. The van der Waals surface area contributed by atoms with Crippen LogP contribution in [0.3, 0.4) is 0 Å². The van der Waals surface area contributed by atoms with Crippen LogP contribution in [0.4, 0.5) is 0 Å². The molecule has 1 aliphatic heterocycles. The maximum atomic E-state index is 5.47. The minimum absolute atomic E-state index is 0.314. The van der Waals surface area contributed by atoms with E-state index in [1.807, 2.05) is 7.05 Å². The predicted molar refractivity (Wildman–Crippen MR) is 90.3 cm³/mol. The summed E-state index contributed by atoms with van der Waals surface area (Å²) in [6.45, 7) is 3.77. The molecule has 1 saturated carbocycles. The molecular weight excluding hydrogens is 274 g/mol. The number of hydrogen-bond acceptors (Lipinski definition) is 2. The van der Waals surface area contributed by atoms with Gasteiger partial charge in [0.2, 0.25) is 0 Å². The molecule has 1 N–H and O–H groups in total. The Hall–Kier alpha value is -1.55. The van der Waals surface area contributed by atoms with Gasteiger partial charge < -0.3 is 15.0 Å². The molecule has 2 aliphatic rings. The minimum Gasteiger partial charge on any atom is -0.381 e. The Morgan fingerprint density at radius 1 is 1.36 bits per heavy atom. The van der Waals surface area contributed by atoms with E-state index in [0.29, 0.717) is 11.3 Å². The Kier molecular flexibility index (Phi) is 4.67. The molecular formula is C18H27N3O. The SMILES string of the molecule is CN=C(NCC1(c2ccccc2)CC1)N(C)CC1CCOC1. The standard InChI is InChI=1S/C18H27N3O/c1-19-17(21(2)12-15-8-11-22-13-15)20-14-18(9-10-18)16-6-4-3-5-7-16/h3-7,15H,8-14H2,1-2H3,(H,19,20). The number of benzene rings is 1. The second kappa shape index (κ2) is 6.69. The lowest BCUT2D eigenvalue weighted by Gasteiger charge is -2.26. The summed E-state index contributed by atoms with van der Waals surface area (Å²) in [4.78, 5) is 6.68. The third-order valence-corrected chi connectivity index (χ3v) is 4.95. The zero-order valence-corrected chi connectivity index (χ0v) is 13.7. The number of ether oxygens (including phenoxy) is 1. The molecule has 4 nitrogen and oxygen atoms in total. The van der Waals surface area contributed by atoms with E-state index in [9.17, 15) is 0 Å². The fourth-order valence-corrected chi connectivity index (χ4v) is 3.34. The summed E-state index contributed by atoms with van der Waals surface area (Å²) in [6, 6.07) is 10.9. The molecule has 1 atom stereocenters. The van der Waals surface area contributed by atoms with Crippen molar-refractivity contribution in [3.05, 3.63) is 35.9 Å². The van der Waals surface area contributed by atoms with Crippen molar-refractivity contribution in [1.82, 2.24) is 10.2 Å². The molecule has 0 radical (unpaired) electrons. The minimum atomic E-state index is 0.314. The first-order chi connectivity index (χ1) is 10.7. The van der Waals surface area contributed by atoms with Gasteiger partial charge in [0, 0.05) is 45.1 Å². The van der Waals surface area contributed by atoms with Gasteiger partial charge in [-0.3, -0.25) is 4.99 Å². The van der Waals surface area contributed by atoms with E-state index in [-0.39, 0.29) is 0 Å². The van der Waals surface area contributed by atoms with Crippen LogP contribution < -0.4 is 5.32 Å². The van der Waals surface area contributed by atoms with E-state index in [1.165, 1.54) is 18.4 Å². The molecule has 0 bridgehead atoms. The van der Waals surface area contributed by atoms with Crippen molar-refractivity contribution < 1.29 is 4.74 Å². The third kappa shape index (κ3) is 3.43. The average Bonchev–Trinajstić information content (AvgIpc) is 3.17. The first-order valence-corrected chi connectivity index (χ1v) is 8.28. The second-order valence-corrected chi connectivity index (χ2v) is 6.66. The van der Waals surface area contributed by atoms with E-state index in [2.05, 4.69) is 52.6 Å². The Labute approximate surface area is 133 Å². The number of hydrogen-bond donors (Lipinski definition) is 1. The van der Waals surface area contributed by atoms with Crippen LogP contribution >= 0.6 is 0 Å². The van der Waals surface area contributed by atoms with Crippen molar-refractivity contribution in [3.63, 3.8) is 0 Å². The molecule has 1 aromatic carbocycles. The molecule has 1 heterocycles. The van der Waals surface area contributed by atoms with Gasteiger partial charge in [-0.1, -0.05) is 30.3 Å². The van der Waals surface area contributed by atoms with Crippen molar-refractivity contribution >= 4 is 5.96 Å². The van der Waals surface area contributed by atoms with Gasteiger partial charge >= 0.3 is 0 Å². The topological polar surface area (TPSA) is 36.9 Å². The normalized spacial score (nSPS) is 23.4. The highest BCUT2D eigenvalue weighted by Crippen LogP contribution is 2.47. The van der Waals surface area contributed by atoms with Crippen LogP contribution in [-0.4, -0.2) is 51.3 Å². The van der Waals surface area contributed by atoms with Gasteiger partial charge in [0.1, 0.15) is 0 Å². The van der Waals surface area contributed by atoms with Crippen molar-refractivity contribution in [2.75, 3.05) is 40.4 Å². The molecule has 1 aromatic rings. The highest BCUT2D eigenvalue weighted by molar-refractivity contribution is 5.79. The molecule has 0 amide bonds. The zero-order chi connectivity index (χ0) is 15.4. The highest BCUT2D eigenvalue weighted by atomic mass is 16.5. The largest absolute Gasteiger partial charge is 0.381 e. The van der Waals surface area contributed by atoms with Crippen molar-refractivity contribution in [1.29, 1.82) is 0 Å². The molecule has 4 heteroatoms. The van der Waals surface area contributed by atoms with E-state index in [1.54, 1.807) is 0 Å². The van der Waals surface area contributed by atoms with Crippen LogP contribution in [0.1, 0.15) is 24.8 Å². The number of nitrogens with one attached hydrogen (secondary N) is 1. The molecule has 120 valence electrons. The Balaban J connectivity index is 1.55. The lowest BCUT2D eigenvalue weighted by molar-refractivity contribution is 0.181. The predicted octanol–water partition coefficient (Wildman–Crippen LogP) is 2.26. The maximum absolute atomic E-state index is 5.47. The molecule has 1 unspecified atom stereocenters. The molecule has 1 aliphatic carbocycles. The maximum Gasteiger partial charge on any atom is 0.193 e. The molecule has 3 rings (SSSR count).